The summed E-state index contributed by atoms with van der Waals surface area (Å²) in [4.78, 5) is 4.15. The van der Waals surface area contributed by atoms with Crippen LogP contribution in [0.1, 0.15) is 26.2 Å². The van der Waals surface area contributed by atoms with Gasteiger partial charge < -0.3 is 15.8 Å². The van der Waals surface area contributed by atoms with Crippen molar-refractivity contribution in [1.82, 2.24) is 9.62 Å². The van der Waals surface area contributed by atoms with Gasteiger partial charge in [0.1, 0.15) is 0 Å². The van der Waals surface area contributed by atoms with Gasteiger partial charge >= 0.3 is 15.5 Å². The Bertz CT molecular complexity index is 503. The zero-order chi connectivity index (χ0) is 18.2. The fourth-order valence-electron chi connectivity index (χ4n) is 2.30. The average Bonchev–Trinajstić information content (AvgIpc) is 2.52. The van der Waals surface area contributed by atoms with Crippen molar-refractivity contribution in [3.8, 4) is 0 Å². The molecule has 24 heavy (non-hydrogen) atoms. The third-order valence-electron chi connectivity index (χ3n) is 3.70. The van der Waals surface area contributed by atoms with Crippen molar-refractivity contribution < 1.29 is 26.3 Å². The molecule has 0 aromatic carbocycles. The Morgan fingerprint density at radius 1 is 1.38 bits per heavy atom. The number of guanidine groups is 1. The number of piperidine rings is 1. The maximum atomic E-state index is 12.5. The van der Waals surface area contributed by atoms with Gasteiger partial charge in [-0.05, 0) is 32.1 Å². The van der Waals surface area contributed by atoms with E-state index in [1.165, 1.54) is 0 Å². The molecule has 1 saturated heterocycles. The summed E-state index contributed by atoms with van der Waals surface area (Å²) < 4.78 is 65.7. The monoisotopic (exact) mass is 374 g/mol. The first-order valence-corrected chi connectivity index (χ1v) is 9.30. The number of rotatable bonds is 8. The van der Waals surface area contributed by atoms with Crippen molar-refractivity contribution in [2.24, 2.45) is 16.6 Å². The van der Waals surface area contributed by atoms with E-state index >= 15 is 0 Å². The summed E-state index contributed by atoms with van der Waals surface area (Å²) in [5.41, 5.74) is 0.460. The quantitative estimate of drug-likeness (QED) is 0.373. The van der Waals surface area contributed by atoms with Crippen molar-refractivity contribution in [2.75, 3.05) is 39.4 Å². The number of sulfonamides is 1. The molecule has 1 aliphatic heterocycles. The molecule has 1 rings (SSSR count). The Labute approximate surface area is 140 Å². The molecule has 0 aromatic heterocycles. The van der Waals surface area contributed by atoms with Crippen molar-refractivity contribution in [3.63, 3.8) is 0 Å². The highest BCUT2D eigenvalue weighted by molar-refractivity contribution is 7.90. The Hall–Kier alpha value is -1.07. The largest absolute Gasteiger partial charge is 0.511 e. The van der Waals surface area contributed by atoms with Gasteiger partial charge in [-0.1, -0.05) is 0 Å². The van der Waals surface area contributed by atoms with Gasteiger partial charge in [-0.15, -0.1) is 0 Å². The summed E-state index contributed by atoms with van der Waals surface area (Å²) in [6.45, 7) is 3.89. The van der Waals surface area contributed by atoms with Crippen molar-refractivity contribution >= 4 is 16.0 Å². The minimum Gasteiger partial charge on any atom is -0.382 e. The summed E-state index contributed by atoms with van der Waals surface area (Å²) in [6, 6.07) is 0. The second-order valence-corrected chi connectivity index (χ2v) is 7.43. The highest BCUT2D eigenvalue weighted by atomic mass is 32.2. The highest BCUT2D eigenvalue weighted by Gasteiger charge is 2.50. The molecule has 0 aromatic rings. The molecule has 0 spiro atoms. The summed E-state index contributed by atoms with van der Waals surface area (Å²) >= 11 is 0. The SMILES string of the molecule is CCOCCCNC(N)=NCC1CCN(S(=O)(=O)C(F)(F)F)CC1. The number of nitrogens with two attached hydrogens (primary N) is 1. The molecule has 0 atom stereocenters. The molecule has 11 heteroatoms. The van der Waals surface area contributed by atoms with Gasteiger partial charge in [0.05, 0.1) is 0 Å². The molecular weight excluding hydrogens is 349 g/mol. The summed E-state index contributed by atoms with van der Waals surface area (Å²) in [5.74, 6) is 0.297. The van der Waals surface area contributed by atoms with Gasteiger partial charge in [-0.3, -0.25) is 4.99 Å². The van der Waals surface area contributed by atoms with Crippen molar-refractivity contribution in [1.29, 1.82) is 0 Å². The molecule has 7 nitrogen and oxygen atoms in total. The van der Waals surface area contributed by atoms with E-state index < -0.39 is 15.5 Å². The lowest BCUT2D eigenvalue weighted by molar-refractivity contribution is -0.0496. The summed E-state index contributed by atoms with van der Waals surface area (Å²) in [7, 11) is -5.23. The maximum Gasteiger partial charge on any atom is 0.511 e. The first kappa shape index (κ1) is 21.0. The standard InChI is InChI=1S/C13H25F3N4O3S/c1-2-23-9-3-6-18-12(17)19-10-11-4-7-20(8-5-11)24(21,22)13(14,15)16/h11H,2-10H2,1H3,(H3,17,18,19). The van der Waals surface area contributed by atoms with Gasteiger partial charge in [0.25, 0.3) is 0 Å². The van der Waals surface area contributed by atoms with Gasteiger partial charge in [-0.2, -0.15) is 17.5 Å². The van der Waals surface area contributed by atoms with E-state index in [2.05, 4.69) is 10.3 Å². The van der Waals surface area contributed by atoms with E-state index in [1.54, 1.807) is 0 Å². The first-order valence-electron chi connectivity index (χ1n) is 7.86. The lowest BCUT2D eigenvalue weighted by Crippen LogP contribution is -2.45. The molecule has 1 fully saturated rings. The maximum absolute atomic E-state index is 12.5. The van der Waals surface area contributed by atoms with Crippen LogP contribution in [0, 0.1) is 5.92 Å². The van der Waals surface area contributed by atoms with E-state index in [-0.39, 0.29) is 25.0 Å². The normalized spacial score (nSPS) is 18.8. The summed E-state index contributed by atoms with van der Waals surface area (Å²) in [6.07, 6.45) is 1.45. The lowest BCUT2D eigenvalue weighted by Gasteiger charge is -2.30. The fourth-order valence-corrected chi connectivity index (χ4v) is 3.28. The second kappa shape index (κ2) is 9.42. The number of hydrogen-bond acceptors (Lipinski definition) is 4. The van der Waals surface area contributed by atoms with Crippen LogP contribution in [-0.2, 0) is 14.8 Å². The lowest BCUT2D eigenvalue weighted by atomic mass is 9.98. The van der Waals surface area contributed by atoms with Crippen molar-refractivity contribution in [3.05, 3.63) is 0 Å². The van der Waals surface area contributed by atoms with E-state index in [9.17, 15) is 21.6 Å². The van der Waals surface area contributed by atoms with E-state index in [0.717, 1.165) is 6.42 Å². The Kier molecular flexibility index (Phi) is 8.23. The average molecular weight is 374 g/mol. The minimum absolute atomic E-state index is 0.0217. The molecule has 0 aliphatic carbocycles. The van der Waals surface area contributed by atoms with Gasteiger partial charge in [-0.25, -0.2) is 8.42 Å². The number of hydrogen-bond donors (Lipinski definition) is 2. The van der Waals surface area contributed by atoms with Gasteiger partial charge in [0, 0.05) is 39.4 Å². The third-order valence-corrected chi connectivity index (χ3v) is 5.33. The molecule has 0 amide bonds. The molecule has 3 N–H and O–H groups in total. The van der Waals surface area contributed by atoms with E-state index in [0.29, 0.717) is 43.5 Å². The van der Waals surface area contributed by atoms with Crippen LogP contribution in [0.25, 0.3) is 0 Å². The van der Waals surface area contributed by atoms with E-state index in [4.69, 9.17) is 10.5 Å². The number of alkyl halides is 3. The first-order chi connectivity index (χ1) is 11.2. The molecule has 0 unspecified atom stereocenters. The van der Waals surface area contributed by atoms with Crippen LogP contribution in [-0.4, -0.2) is 63.6 Å². The topological polar surface area (TPSA) is 97.0 Å². The van der Waals surface area contributed by atoms with Crippen LogP contribution in [0.15, 0.2) is 4.99 Å². The Balaban J connectivity index is 2.32. The number of halogens is 3. The molecule has 0 radical (unpaired) electrons. The minimum atomic E-state index is -5.24. The van der Waals surface area contributed by atoms with Crippen molar-refractivity contribution in [2.45, 2.75) is 31.7 Å². The Morgan fingerprint density at radius 3 is 2.54 bits per heavy atom. The Morgan fingerprint density at radius 2 is 2.00 bits per heavy atom. The third kappa shape index (κ3) is 6.44. The van der Waals surface area contributed by atoms with Crippen LogP contribution >= 0.6 is 0 Å². The number of nitrogens with zero attached hydrogens (tertiary/aromatic N) is 2. The smallest absolute Gasteiger partial charge is 0.382 e. The van der Waals surface area contributed by atoms with Crippen LogP contribution < -0.4 is 11.1 Å². The predicted octanol–water partition coefficient (Wildman–Crippen LogP) is 0.879. The van der Waals surface area contributed by atoms with Crippen LogP contribution in [0.4, 0.5) is 13.2 Å². The summed E-state index contributed by atoms with van der Waals surface area (Å²) in [5, 5.41) is 2.93. The fraction of sp³-hybridized carbons (Fsp3) is 0.923. The number of nitrogens with one attached hydrogen (secondary N) is 1. The van der Waals surface area contributed by atoms with Crippen LogP contribution in [0.5, 0.6) is 0 Å². The van der Waals surface area contributed by atoms with Gasteiger partial charge in [0.2, 0.25) is 0 Å². The van der Waals surface area contributed by atoms with Crippen LogP contribution in [0.2, 0.25) is 0 Å². The molecule has 142 valence electrons. The zero-order valence-corrected chi connectivity index (χ0v) is 14.5. The molecule has 0 saturated carbocycles. The molecule has 0 bridgehead atoms. The number of ether oxygens (including phenoxy) is 1. The number of aliphatic imine (C=N–C) groups is 1. The van der Waals surface area contributed by atoms with E-state index in [1.807, 2.05) is 6.92 Å². The highest BCUT2D eigenvalue weighted by Crippen LogP contribution is 2.30. The predicted molar refractivity (Wildman–Crippen MR) is 84.9 cm³/mol. The molecule has 1 aliphatic rings. The molecular formula is C13H25F3N4O3S. The second-order valence-electron chi connectivity index (χ2n) is 5.50. The molecule has 1 heterocycles. The van der Waals surface area contributed by atoms with Crippen LogP contribution in [0.3, 0.4) is 0 Å². The van der Waals surface area contributed by atoms with Gasteiger partial charge in [0.15, 0.2) is 5.96 Å². The zero-order valence-electron chi connectivity index (χ0n) is 13.7.